The van der Waals surface area contributed by atoms with E-state index in [1.165, 1.54) is 21.6 Å². The number of thioether (sulfide) groups is 1. The molecule has 0 spiro atoms. The predicted octanol–water partition coefficient (Wildman–Crippen LogP) is 3.79. The summed E-state index contributed by atoms with van der Waals surface area (Å²) in [6.45, 7) is 2.85. The van der Waals surface area contributed by atoms with Gasteiger partial charge in [-0.05, 0) is 37.1 Å². The van der Waals surface area contributed by atoms with Crippen molar-refractivity contribution in [1.82, 2.24) is 0 Å². The molecular weight excluding hydrogens is 238 g/mol. The van der Waals surface area contributed by atoms with Gasteiger partial charge in [0, 0.05) is 10.6 Å². The lowest BCUT2D eigenvalue weighted by molar-refractivity contribution is 0.944. The van der Waals surface area contributed by atoms with E-state index in [1.54, 1.807) is 0 Å². The number of nitrogens with two attached hydrogens (primary N) is 1. The number of hydrogen-bond donors (Lipinski definition) is 1. The van der Waals surface area contributed by atoms with Gasteiger partial charge in [0.1, 0.15) is 0 Å². The molecule has 0 atom stereocenters. The number of benzene rings is 2. The lowest BCUT2D eigenvalue weighted by Crippen LogP contribution is -2.03. The van der Waals surface area contributed by atoms with Crippen molar-refractivity contribution in [3.8, 4) is 0 Å². The molecule has 2 aromatic carbocycles. The second-order valence-electron chi connectivity index (χ2n) is 4.42. The summed E-state index contributed by atoms with van der Waals surface area (Å²) < 4.78 is 0. The van der Waals surface area contributed by atoms with Crippen LogP contribution in [-0.2, 0) is 12.2 Å². The highest BCUT2D eigenvalue weighted by Gasteiger charge is 2.02. The van der Waals surface area contributed by atoms with E-state index >= 15 is 0 Å². The van der Waals surface area contributed by atoms with Crippen molar-refractivity contribution in [3.63, 3.8) is 0 Å². The maximum Gasteiger partial charge on any atom is 0.0232 e. The zero-order valence-corrected chi connectivity index (χ0v) is 11.5. The van der Waals surface area contributed by atoms with E-state index in [-0.39, 0.29) is 0 Å². The van der Waals surface area contributed by atoms with E-state index in [9.17, 15) is 0 Å². The molecule has 2 N–H and O–H groups in total. The van der Waals surface area contributed by atoms with Crippen LogP contribution in [-0.4, -0.2) is 6.54 Å². The minimum absolute atomic E-state index is 0.710. The lowest BCUT2D eigenvalue weighted by atomic mass is 10.1. The highest BCUT2D eigenvalue weighted by molar-refractivity contribution is 7.98. The summed E-state index contributed by atoms with van der Waals surface area (Å²) in [5.41, 5.74) is 9.71. The van der Waals surface area contributed by atoms with Crippen LogP contribution in [0, 0.1) is 6.92 Å². The van der Waals surface area contributed by atoms with Crippen LogP contribution < -0.4 is 5.73 Å². The van der Waals surface area contributed by atoms with Crippen LogP contribution >= 0.6 is 11.8 Å². The van der Waals surface area contributed by atoms with Gasteiger partial charge < -0.3 is 5.73 Å². The minimum atomic E-state index is 0.710. The molecule has 1 nitrogen and oxygen atoms in total. The fraction of sp³-hybridized carbons (Fsp3) is 0.250. The first-order valence-corrected chi connectivity index (χ1v) is 7.24. The van der Waals surface area contributed by atoms with E-state index in [0.717, 1.165) is 12.2 Å². The Morgan fingerprint density at radius 3 is 2.67 bits per heavy atom. The van der Waals surface area contributed by atoms with Crippen molar-refractivity contribution in [2.24, 2.45) is 5.73 Å². The molecule has 0 aliphatic rings. The topological polar surface area (TPSA) is 26.0 Å². The molecule has 94 valence electrons. The molecule has 0 amide bonds. The van der Waals surface area contributed by atoms with Gasteiger partial charge >= 0.3 is 0 Å². The molecule has 0 unspecified atom stereocenters. The number of aryl methyl sites for hydroxylation is 1. The highest BCUT2D eigenvalue weighted by Crippen LogP contribution is 2.26. The molecule has 0 aromatic heterocycles. The van der Waals surface area contributed by atoms with Gasteiger partial charge in [-0.2, -0.15) is 0 Å². The Labute approximate surface area is 113 Å². The molecule has 2 aromatic rings. The van der Waals surface area contributed by atoms with Crippen molar-refractivity contribution >= 4 is 11.8 Å². The Balaban J connectivity index is 2.06. The third-order valence-corrected chi connectivity index (χ3v) is 4.05. The number of hydrogen-bond acceptors (Lipinski definition) is 2. The molecule has 2 rings (SSSR count). The third kappa shape index (κ3) is 3.62. The monoisotopic (exact) mass is 257 g/mol. The summed E-state index contributed by atoms with van der Waals surface area (Å²) in [6, 6.07) is 17.2. The summed E-state index contributed by atoms with van der Waals surface area (Å²) >= 11 is 1.89. The molecule has 0 heterocycles. The Morgan fingerprint density at radius 1 is 1.06 bits per heavy atom. The number of rotatable bonds is 5. The van der Waals surface area contributed by atoms with Crippen molar-refractivity contribution < 1.29 is 0 Å². The van der Waals surface area contributed by atoms with Gasteiger partial charge in [-0.15, -0.1) is 11.8 Å². The lowest BCUT2D eigenvalue weighted by Gasteiger charge is -2.08. The van der Waals surface area contributed by atoms with E-state index in [2.05, 4.69) is 55.5 Å². The maximum absolute atomic E-state index is 5.65. The quantitative estimate of drug-likeness (QED) is 0.825. The second kappa shape index (κ2) is 6.62. The van der Waals surface area contributed by atoms with E-state index in [4.69, 9.17) is 5.73 Å². The average Bonchev–Trinajstić information content (AvgIpc) is 2.38. The first kappa shape index (κ1) is 13.2. The van der Waals surface area contributed by atoms with Crippen molar-refractivity contribution in [1.29, 1.82) is 0 Å². The highest BCUT2D eigenvalue weighted by atomic mass is 32.2. The molecular formula is C16H19NS. The Kier molecular flexibility index (Phi) is 4.85. The zero-order valence-electron chi connectivity index (χ0n) is 10.7. The molecule has 0 bridgehead atoms. The normalized spacial score (nSPS) is 10.6. The molecule has 0 saturated carbocycles. The predicted molar refractivity (Wildman–Crippen MR) is 79.9 cm³/mol. The zero-order chi connectivity index (χ0) is 12.8. The fourth-order valence-corrected chi connectivity index (χ4v) is 3.00. The van der Waals surface area contributed by atoms with Gasteiger partial charge in [0.2, 0.25) is 0 Å². The van der Waals surface area contributed by atoms with Gasteiger partial charge in [0.15, 0.2) is 0 Å². The molecule has 2 heteroatoms. The molecule has 0 fully saturated rings. The standard InChI is InChI=1S/C16H19NS/c1-13-5-4-6-14(11-13)12-18-16-8-3-2-7-15(16)9-10-17/h2-8,11H,9-10,12,17H2,1H3. The van der Waals surface area contributed by atoms with Crippen molar-refractivity contribution in [2.75, 3.05) is 6.54 Å². The maximum atomic E-state index is 5.65. The summed E-state index contributed by atoms with van der Waals surface area (Å²) in [5.74, 6) is 1.02. The summed E-state index contributed by atoms with van der Waals surface area (Å²) in [6.07, 6.45) is 0.955. The first-order chi connectivity index (χ1) is 8.79. The van der Waals surface area contributed by atoms with Gasteiger partial charge in [-0.25, -0.2) is 0 Å². The van der Waals surface area contributed by atoms with E-state index < -0.39 is 0 Å². The fourth-order valence-electron chi connectivity index (χ4n) is 1.97. The Hall–Kier alpha value is -1.25. The van der Waals surface area contributed by atoms with Gasteiger partial charge in [0.25, 0.3) is 0 Å². The molecule has 18 heavy (non-hydrogen) atoms. The van der Waals surface area contributed by atoms with Crippen molar-refractivity contribution in [2.45, 2.75) is 24.0 Å². The van der Waals surface area contributed by atoms with Crippen LogP contribution in [0.3, 0.4) is 0 Å². The second-order valence-corrected chi connectivity index (χ2v) is 5.44. The Morgan fingerprint density at radius 2 is 1.89 bits per heavy atom. The average molecular weight is 257 g/mol. The van der Waals surface area contributed by atoms with Crippen molar-refractivity contribution in [3.05, 3.63) is 65.2 Å². The first-order valence-electron chi connectivity index (χ1n) is 6.26. The molecule has 0 saturated heterocycles. The summed E-state index contributed by atoms with van der Waals surface area (Å²) in [5, 5.41) is 0. The molecule has 0 aliphatic carbocycles. The SMILES string of the molecule is Cc1cccc(CSc2ccccc2CCN)c1. The largest absolute Gasteiger partial charge is 0.330 e. The van der Waals surface area contributed by atoms with E-state index in [1.807, 2.05) is 11.8 Å². The van der Waals surface area contributed by atoms with Crippen LogP contribution in [0.25, 0.3) is 0 Å². The van der Waals surface area contributed by atoms with Crippen LogP contribution in [0.5, 0.6) is 0 Å². The van der Waals surface area contributed by atoms with Gasteiger partial charge in [-0.3, -0.25) is 0 Å². The Bertz CT molecular complexity index is 508. The summed E-state index contributed by atoms with van der Waals surface area (Å²) in [4.78, 5) is 1.35. The smallest absolute Gasteiger partial charge is 0.0232 e. The van der Waals surface area contributed by atoms with Crippen LogP contribution in [0.15, 0.2) is 53.4 Å². The summed E-state index contributed by atoms with van der Waals surface area (Å²) in [7, 11) is 0. The van der Waals surface area contributed by atoms with Gasteiger partial charge in [0.05, 0.1) is 0 Å². The van der Waals surface area contributed by atoms with Crippen LogP contribution in [0.1, 0.15) is 16.7 Å². The third-order valence-electron chi connectivity index (χ3n) is 2.86. The van der Waals surface area contributed by atoms with E-state index in [0.29, 0.717) is 6.54 Å². The molecule has 0 radical (unpaired) electrons. The minimum Gasteiger partial charge on any atom is -0.330 e. The molecule has 0 aliphatic heterocycles. The van der Waals surface area contributed by atoms with Crippen LogP contribution in [0.4, 0.5) is 0 Å². The van der Waals surface area contributed by atoms with Crippen LogP contribution in [0.2, 0.25) is 0 Å². The van der Waals surface area contributed by atoms with Gasteiger partial charge in [-0.1, -0.05) is 48.0 Å².